The predicted octanol–water partition coefficient (Wildman–Crippen LogP) is 2.83. The van der Waals surface area contributed by atoms with Crippen LogP contribution < -0.4 is 5.32 Å². The van der Waals surface area contributed by atoms with Crippen LogP contribution in [0.1, 0.15) is 55.2 Å². The van der Waals surface area contributed by atoms with Crippen molar-refractivity contribution in [3.8, 4) is 0 Å². The molecule has 1 aromatic rings. The minimum atomic E-state index is 0.835. The lowest BCUT2D eigenvalue weighted by Crippen LogP contribution is -2.45. The van der Waals surface area contributed by atoms with E-state index in [9.17, 15) is 0 Å². The van der Waals surface area contributed by atoms with Gasteiger partial charge >= 0.3 is 0 Å². The number of fused-ring (bicyclic) bond motifs is 1. The Bertz CT molecular complexity index is 517. The minimum Gasteiger partial charge on any atom is -0.329 e. The zero-order chi connectivity index (χ0) is 13.3. The van der Waals surface area contributed by atoms with Crippen molar-refractivity contribution in [3.63, 3.8) is 0 Å². The molecule has 2 heterocycles. The highest BCUT2D eigenvalue weighted by atomic mass is 15.2. The lowest BCUT2D eigenvalue weighted by molar-refractivity contribution is -0.00567. The van der Waals surface area contributed by atoms with Crippen LogP contribution in [0.5, 0.6) is 0 Å². The number of hydrogen-bond donors (Lipinski definition) is 1. The molecule has 0 radical (unpaired) electrons. The summed E-state index contributed by atoms with van der Waals surface area (Å²) in [7, 11) is 0. The third-order valence-electron chi connectivity index (χ3n) is 6.61. The molecule has 0 spiro atoms. The average molecular weight is 271 g/mol. The molecule has 4 aliphatic carbocycles. The van der Waals surface area contributed by atoms with E-state index in [2.05, 4.69) is 16.8 Å². The van der Waals surface area contributed by atoms with Crippen LogP contribution in [0.2, 0.25) is 0 Å². The standard InChI is InChI=1S/C17H25N3/c1-10-17(20-3-2-18-9-15(20)19-10)16-13-5-11-4-12(7-13)8-14(16)6-11/h11-14,16,18H,2-9H2,1H3. The van der Waals surface area contributed by atoms with Gasteiger partial charge in [-0.3, -0.25) is 0 Å². The van der Waals surface area contributed by atoms with Crippen LogP contribution in [0, 0.1) is 30.6 Å². The van der Waals surface area contributed by atoms with Gasteiger partial charge in [-0.2, -0.15) is 0 Å². The quantitative estimate of drug-likeness (QED) is 0.851. The van der Waals surface area contributed by atoms with Crippen molar-refractivity contribution in [1.29, 1.82) is 0 Å². The van der Waals surface area contributed by atoms with Crippen LogP contribution in [-0.2, 0) is 13.1 Å². The van der Waals surface area contributed by atoms with Crippen molar-refractivity contribution >= 4 is 0 Å². The Labute approximate surface area is 121 Å². The van der Waals surface area contributed by atoms with Gasteiger partial charge in [-0.15, -0.1) is 0 Å². The molecule has 1 aliphatic heterocycles. The first-order chi connectivity index (χ1) is 9.79. The molecule has 4 fully saturated rings. The summed E-state index contributed by atoms with van der Waals surface area (Å²) in [6.45, 7) is 5.47. The maximum Gasteiger partial charge on any atom is 0.123 e. The molecule has 0 amide bonds. The number of nitrogens with zero attached hydrogens (tertiary/aromatic N) is 2. The summed E-state index contributed by atoms with van der Waals surface area (Å²) in [5.41, 5.74) is 2.97. The maximum atomic E-state index is 4.88. The molecule has 0 unspecified atom stereocenters. The third-order valence-corrected chi connectivity index (χ3v) is 6.61. The van der Waals surface area contributed by atoms with Gasteiger partial charge in [0.25, 0.3) is 0 Å². The van der Waals surface area contributed by atoms with E-state index in [-0.39, 0.29) is 0 Å². The van der Waals surface area contributed by atoms with Crippen molar-refractivity contribution in [1.82, 2.24) is 14.9 Å². The Balaban J connectivity index is 1.58. The lowest BCUT2D eigenvalue weighted by atomic mass is 9.51. The molecule has 1 N–H and O–H groups in total. The van der Waals surface area contributed by atoms with E-state index in [1.807, 2.05) is 0 Å². The molecule has 0 atom stereocenters. The molecule has 108 valence electrons. The van der Waals surface area contributed by atoms with E-state index >= 15 is 0 Å². The van der Waals surface area contributed by atoms with Gasteiger partial charge in [0.1, 0.15) is 5.82 Å². The van der Waals surface area contributed by atoms with Crippen molar-refractivity contribution in [2.75, 3.05) is 6.54 Å². The van der Waals surface area contributed by atoms with Gasteiger partial charge in [0.05, 0.1) is 12.2 Å². The van der Waals surface area contributed by atoms with Crippen molar-refractivity contribution in [3.05, 3.63) is 17.2 Å². The Morgan fingerprint density at radius 2 is 1.75 bits per heavy atom. The van der Waals surface area contributed by atoms with Crippen molar-refractivity contribution in [2.45, 2.75) is 58.0 Å². The minimum absolute atomic E-state index is 0.835. The fraction of sp³-hybridized carbons (Fsp3) is 0.824. The Morgan fingerprint density at radius 3 is 2.45 bits per heavy atom. The molecule has 5 aliphatic rings. The summed E-state index contributed by atoms with van der Waals surface area (Å²) in [5.74, 6) is 6.21. The first-order valence-corrected chi connectivity index (χ1v) is 8.56. The topological polar surface area (TPSA) is 29.9 Å². The SMILES string of the molecule is Cc1nc2n(c1C1C3CC4CC(C3)CC1C4)CCNC2. The van der Waals surface area contributed by atoms with Crippen molar-refractivity contribution < 1.29 is 0 Å². The van der Waals surface area contributed by atoms with Crippen LogP contribution in [0.25, 0.3) is 0 Å². The van der Waals surface area contributed by atoms with Gasteiger partial charge in [-0.05, 0) is 62.7 Å². The van der Waals surface area contributed by atoms with Gasteiger partial charge < -0.3 is 9.88 Å². The van der Waals surface area contributed by atoms with Gasteiger partial charge in [-0.1, -0.05) is 0 Å². The molecule has 6 rings (SSSR count). The Kier molecular flexibility index (Phi) is 2.41. The van der Waals surface area contributed by atoms with Gasteiger partial charge in [0, 0.05) is 24.7 Å². The second-order valence-electron chi connectivity index (χ2n) is 7.78. The highest BCUT2D eigenvalue weighted by Gasteiger charge is 2.50. The molecule has 1 aromatic heterocycles. The number of rotatable bonds is 1. The fourth-order valence-electron chi connectivity index (χ4n) is 6.21. The third kappa shape index (κ3) is 1.53. The fourth-order valence-corrected chi connectivity index (χ4v) is 6.21. The van der Waals surface area contributed by atoms with E-state index in [0.717, 1.165) is 49.2 Å². The summed E-state index contributed by atoms with van der Waals surface area (Å²) in [6, 6.07) is 0. The molecular weight excluding hydrogens is 246 g/mol. The summed E-state index contributed by atoms with van der Waals surface area (Å²) in [4.78, 5) is 4.88. The summed E-state index contributed by atoms with van der Waals surface area (Å²) < 4.78 is 2.58. The van der Waals surface area contributed by atoms with Crippen LogP contribution in [0.15, 0.2) is 0 Å². The average Bonchev–Trinajstić information content (AvgIpc) is 2.74. The highest BCUT2D eigenvalue weighted by molar-refractivity contribution is 5.26. The Hall–Kier alpha value is -0.830. The zero-order valence-electron chi connectivity index (χ0n) is 12.4. The molecule has 0 aromatic carbocycles. The second kappa shape index (κ2) is 4.09. The van der Waals surface area contributed by atoms with Gasteiger partial charge in [-0.25, -0.2) is 4.98 Å². The zero-order valence-corrected chi connectivity index (χ0v) is 12.4. The summed E-state index contributed by atoms with van der Waals surface area (Å²) in [6.07, 6.45) is 7.59. The number of aryl methyl sites for hydroxylation is 1. The van der Waals surface area contributed by atoms with E-state index < -0.39 is 0 Å². The summed E-state index contributed by atoms with van der Waals surface area (Å²) >= 11 is 0. The molecular formula is C17H25N3. The number of aromatic nitrogens is 2. The van der Waals surface area contributed by atoms with Crippen molar-refractivity contribution in [2.24, 2.45) is 23.7 Å². The highest BCUT2D eigenvalue weighted by Crippen LogP contribution is 2.60. The molecule has 3 heteroatoms. The molecule has 20 heavy (non-hydrogen) atoms. The van der Waals surface area contributed by atoms with Gasteiger partial charge in [0.2, 0.25) is 0 Å². The van der Waals surface area contributed by atoms with E-state index in [1.54, 1.807) is 12.1 Å². The van der Waals surface area contributed by atoms with Crippen LogP contribution >= 0.6 is 0 Å². The van der Waals surface area contributed by atoms with E-state index in [0.29, 0.717) is 0 Å². The van der Waals surface area contributed by atoms with Crippen LogP contribution in [0.3, 0.4) is 0 Å². The molecule has 0 saturated heterocycles. The monoisotopic (exact) mass is 271 g/mol. The summed E-state index contributed by atoms with van der Waals surface area (Å²) in [5, 5.41) is 3.47. The lowest BCUT2D eigenvalue weighted by Gasteiger charge is -2.54. The van der Waals surface area contributed by atoms with E-state index in [1.165, 1.54) is 37.2 Å². The molecule has 4 bridgehead atoms. The molecule has 4 saturated carbocycles. The van der Waals surface area contributed by atoms with Gasteiger partial charge in [0.15, 0.2) is 0 Å². The first kappa shape index (κ1) is 11.8. The first-order valence-electron chi connectivity index (χ1n) is 8.56. The second-order valence-corrected chi connectivity index (χ2v) is 7.78. The normalized spacial score (nSPS) is 42.0. The number of hydrogen-bond acceptors (Lipinski definition) is 2. The molecule has 3 nitrogen and oxygen atoms in total. The number of imidazole rings is 1. The maximum absolute atomic E-state index is 4.88. The van der Waals surface area contributed by atoms with E-state index in [4.69, 9.17) is 4.98 Å². The van der Waals surface area contributed by atoms with Crippen LogP contribution in [0.4, 0.5) is 0 Å². The smallest absolute Gasteiger partial charge is 0.123 e. The predicted molar refractivity (Wildman–Crippen MR) is 78.5 cm³/mol. The largest absolute Gasteiger partial charge is 0.329 e. The Morgan fingerprint density at radius 1 is 1.05 bits per heavy atom. The number of nitrogens with one attached hydrogen (secondary N) is 1. The van der Waals surface area contributed by atoms with Crippen LogP contribution in [-0.4, -0.2) is 16.1 Å².